The fraction of sp³-hybridized carbons (Fsp3) is 0.636. The van der Waals surface area contributed by atoms with Crippen LogP contribution >= 0.6 is 11.6 Å². The van der Waals surface area contributed by atoms with Crippen LogP contribution in [0.4, 0.5) is 5.82 Å². The maximum Gasteiger partial charge on any atom is 0.244 e. The Morgan fingerprint density at radius 3 is 2.76 bits per heavy atom. The van der Waals surface area contributed by atoms with Crippen LogP contribution < -0.4 is 5.32 Å². The first-order chi connectivity index (χ1) is 14.0. The van der Waals surface area contributed by atoms with Gasteiger partial charge in [0.25, 0.3) is 0 Å². The fourth-order valence-corrected chi connectivity index (χ4v) is 4.95. The molecule has 1 saturated carbocycles. The zero-order chi connectivity index (χ0) is 20.0. The molecule has 1 aromatic heterocycles. The van der Waals surface area contributed by atoms with Gasteiger partial charge >= 0.3 is 0 Å². The van der Waals surface area contributed by atoms with Crippen molar-refractivity contribution in [2.75, 3.05) is 25.0 Å². The molecular weight excluding hydrogens is 388 g/mol. The summed E-state index contributed by atoms with van der Waals surface area (Å²) in [5, 5.41) is 9.77. The second-order valence-corrected chi connectivity index (χ2v) is 9.40. The molecule has 0 unspecified atom stereocenters. The first-order valence-corrected chi connectivity index (χ1v) is 11.3. The summed E-state index contributed by atoms with van der Waals surface area (Å²) in [6.45, 7) is 4.44. The molecule has 29 heavy (non-hydrogen) atoms. The van der Waals surface area contributed by atoms with Crippen molar-refractivity contribution in [1.82, 2.24) is 14.7 Å². The lowest BCUT2D eigenvalue weighted by Crippen LogP contribution is -2.45. The fourth-order valence-electron chi connectivity index (χ4n) is 4.77. The van der Waals surface area contributed by atoms with E-state index < -0.39 is 0 Å². The second-order valence-electron chi connectivity index (χ2n) is 8.97. The summed E-state index contributed by atoms with van der Waals surface area (Å²) in [6, 6.07) is 5.45. The Hall–Kier alpha value is -1.79. The van der Waals surface area contributed by atoms with Crippen LogP contribution in [0.25, 0.3) is 10.9 Å². The molecule has 3 heterocycles. The summed E-state index contributed by atoms with van der Waals surface area (Å²) >= 11 is 6.27. The molecule has 1 amide bonds. The van der Waals surface area contributed by atoms with E-state index >= 15 is 0 Å². The molecule has 1 spiro atoms. The molecule has 2 aromatic rings. The van der Waals surface area contributed by atoms with Gasteiger partial charge in [0.15, 0.2) is 12.0 Å². The van der Waals surface area contributed by atoms with Crippen molar-refractivity contribution >= 4 is 34.2 Å². The van der Waals surface area contributed by atoms with Crippen molar-refractivity contribution in [3.05, 3.63) is 23.2 Å². The van der Waals surface area contributed by atoms with Gasteiger partial charge in [0, 0.05) is 30.1 Å². The number of carbonyl (C=O) groups is 1. The van der Waals surface area contributed by atoms with Crippen LogP contribution in [0.2, 0.25) is 5.02 Å². The third-order valence-electron chi connectivity index (χ3n) is 6.91. The molecule has 156 valence electrons. The number of hydrogen-bond donors (Lipinski definition) is 1. The van der Waals surface area contributed by atoms with Gasteiger partial charge in [-0.2, -0.15) is 5.10 Å². The number of amides is 1. The minimum atomic E-state index is -0.332. The number of nitrogens with one attached hydrogen (secondary N) is 1. The summed E-state index contributed by atoms with van der Waals surface area (Å²) < 4.78 is 7.90. The smallest absolute Gasteiger partial charge is 0.244 e. The average Bonchev–Trinajstić information content (AvgIpc) is 3.41. The lowest BCUT2D eigenvalue weighted by atomic mass is 9.93. The number of ether oxygens (including phenoxy) is 1. The Balaban J connectivity index is 1.36. The summed E-state index contributed by atoms with van der Waals surface area (Å²) in [5.74, 6) is 0.854. The highest BCUT2D eigenvalue weighted by Gasteiger charge is 2.45. The van der Waals surface area contributed by atoms with Crippen LogP contribution in [0, 0.1) is 5.41 Å². The Morgan fingerprint density at radius 1 is 1.28 bits per heavy atom. The first-order valence-electron chi connectivity index (χ1n) is 10.9. The monoisotopic (exact) mass is 416 g/mol. The van der Waals surface area contributed by atoms with Crippen LogP contribution in [0.5, 0.6) is 0 Å². The van der Waals surface area contributed by atoms with Gasteiger partial charge in [-0.3, -0.25) is 4.79 Å². The maximum atomic E-state index is 13.0. The van der Waals surface area contributed by atoms with Gasteiger partial charge in [-0.25, -0.2) is 4.68 Å². The molecule has 2 saturated heterocycles. The van der Waals surface area contributed by atoms with Crippen LogP contribution in [0.3, 0.4) is 0 Å². The molecule has 0 bridgehead atoms. The van der Waals surface area contributed by atoms with E-state index in [9.17, 15) is 4.79 Å². The number of nitrogens with zero attached hydrogens (tertiary/aromatic N) is 3. The number of piperidine rings is 1. The van der Waals surface area contributed by atoms with Crippen molar-refractivity contribution in [1.29, 1.82) is 0 Å². The van der Waals surface area contributed by atoms with E-state index in [1.54, 1.807) is 0 Å². The lowest BCUT2D eigenvalue weighted by Gasteiger charge is -2.34. The topological polar surface area (TPSA) is 59.4 Å². The summed E-state index contributed by atoms with van der Waals surface area (Å²) in [6.07, 6.45) is 8.10. The molecule has 5 rings (SSSR count). The lowest BCUT2D eigenvalue weighted by molar-refractivity contribution is -0.133. The standard InChI is InChI=1S/C22H29ClN4O2/c1-15(21(28)26-11-9-22(7-8-22)10-12-26)24-20-17-14-16(23)5-6-18(17)27(25-20)19-4-2-3-13-29-19/h5-6,14-15,19H,2-4,7-13H2,1H3,(H,24,25)/t15-,19-/m1/s1. The number of halogens is 1. The van der Waals surface area contributed by atoms with Crippen molar-refractivity contribution in [3.8, 4) is 0 Å². The van der Waals surface area contributed by atoms with E-state index in [0.717, 1.165) is 62.7 Å². The summed E-state index contributed by atoms with van der Waals surface area (Å²) in [4.78, 5) is 15.0. The van der Waals surface area contributed by atoms with Crippen molar-refractivity contribution in [3.63, 3.8) is 0 Å². The highest BCUT2D eigenvalue weighted by molar-refractivity contribution is 6.31. The van der Waals surface area contributed by atoms with Crippen LogP contribution in [0.1, 0.15) is 58.1 Å². The summed E-state index contributed by atoms with van der Waals surface area (Å²) in [5.41, 5.74) is 1.55. The van der Waals surface area contributed by atoms with Crippen LogP contribution in [0.15, 0.2) is 18.2 Å². The molecule has 1 aromatic carbocycles. The largest absolute Gasteiger partial charge is 0.357 e. The van der Waals surface area contributed by atoms with Gasteiger partial charge in [0.05, 0.1) is 5.52 Å². The number of benzene rings is 1. The van der Waals surface area contributed by atoms with Gasteiger partial charge in [0.2, 0.25) is 5.91 Å². The minimum Gasteiger partial charge on any atom is -0.357 e. The molecular formula is C22H29ClN4O2. The van der Waals surface area contributed by atoms with Gasteiger partial charge in [-0.05, 0) is 75.5 Å². The Kier molecular flexibility index (Phi) is 4.95. The van der Waals surface area contributed by atoms with E-state index in [2.05, 4.69) is 5.32 Å². The van der Waals surface area contributed by atoms with Crippen molar-refractivity contribution in [2.24, 2.45) is 5.41 Å². The van der Waals surface area contributed by atoms with Gasteiger partial charge in [-0.15, -0.1) is 0 Å². The number of likely N-dealkylation sites (tertiary alicyclic amines) is 1. The molecule has 7 heteroatoms. The van der Waals surface area contributed by atoms with E-state index in [-0.39, 0.29) is 18.2 Å². The quantitative estimate of drug-likeness (QED) is 0.791. The van der Waals surface area contributed by atoms with E-state index in [4.69, 9.17) is 21.4 Å². The highest BCUT2D eigenvalue weighted by Crippen LogP contribution is 2.53. The molecule has 2 aliphatic heterocycles. The maximum absolute atomic E-state index is 13.0. The predicted octanol–water partition coefficient (Wildman–Crippen LogP) is 4.59. The van der Waals surface area contributed by atoms with Crippen molar-refractivity contribution in [2.45, 2.75) is 64.1 Å². The Morgan fingerprint density at radius 2 is 2.07 bits per heavy atom. The average molecular weight is 417 g/mol. The zero-order valence-corrected chi connectivity index (χ0v) is 17.7. The number of hydrogen-bond acceptors (Lipinski definition) is 4. The van der Waals surface area contributed by atoms with E-state index in [1.807, 2.05) is 34.7 Å². The number of rotatable bonds is 4. The highest BCUT2D eigenvalue weighted by atomic mass is 35.5. The predicted molar refractivity (Wildman–Crippen MR) is 114 cm³/mol. The minimum absolute atomic E-state index is 0.0641. The van der Waals surface area contributed by atoms with E-state index in [1.165, 1.54) is 12.8 Å². The SMILES string of the molecule is C[C@@H](Nc1nn([C@H]2CCCCO2)c2ccc(Cl)cc12)C(=O)N1CCC2(CC1)CC2. The van der Waals surface area contributed by atoms with Gasteiger partial charge in [-0.1, -0.05) is 11.6 Å². The third-order valence-corrected chi connectivity index (χ3v) is 7.15. The van der Waals surface area contributed by atoms with Gasteiger partial charge < -0.3 is 15.0 Å². The van der Waals surface area contributed by atoms with E-state index in [0.29, 0.717) is 16.3 Å². The number of anilines is 1. The molecule has 1 N–H and O–H groups in total. The molecule has 3 fully saturated rings. The Labute approximate surface area is 176 Å². The number of fused-ring (bicyclic) bond motifs is 1. The molecule has 1 aliphatic carbocycles. The Bertz CT molecular complexity index is 907. The third kappa shape index (κ3) is 3.73. The molecule has 2 atom stereocenters. The van der Waals surface area contributed by atoms with Gasteiger partial charge in [0.1, 0.15) is 6.04 Å². The summed E-state index contributed by atoms with van der Waals surface area (Å²) in [7, 11) is 0. The van der Waals surface area contributed by atoms with Crippen LogP contribution in [-0.2, 0) is 9.53 Å². The molecule has 6 nitrogen and oxygen atoms in total. The second kappa shape index (κ2) is 7.47. The number of aromatic nitrogens is 2. The normalized spacial score (nSPS) is 24.6. The zero-order valence-electron chi connectivity index (χ0n) is 17.0. The van der Waals surface area contributed by atoms with Crippen molar-refractivity contribution < 1.29 is 9.53 Å². The number of carbonyl (C=O) groups excluding carboxylic acids is 1. The molecule has 0 radical (unpaired) electrons. The van der Waals surface area contributed by atoms with Crippen LogP contribution in [-0.4, -0.2) is 46.3 Å². The molecule has 3 aliphatic rings. The first kappa shape index (κ1) is 19.2.